The Balaban J connectivity index is 2.15. The maximum atomic E-state index is 11.4. The number of hydrogen-bond donors (Lipinski definition) is 4. The van der Waals surface area contributed by atoms with E-state index in [0.717, 1.165) is 5.56 Å². The van der Waals surface area contributed by atoms with E-state index in [0.29, 0.717) is 36.4 Å². The van der Waals surface area contributed by atoms with E-state index in [1.807, 2.05) is 22.6 Å². The van der Waals surface area contributed by atoms with Crippen LogP contribution in [0.15, 0.2) is 24.3 Å². The molecule has 37 heavy (non-hydrogen) atoms. The van der Waals surface area contributed by atoms with Gasteiger partial charge in [0.1, 0.15) is 11.9 Å². The summed E-state index contributed by atoms with van der Waals surface area (Å²) in [6.45, 7) is 1.19. The van der Waals surface area contributed by atoms with Crippen molar-refractivity contribution in [2.24, 2.45) is 0 Å². The second-order valence-corrected chi connectivity index (χ2v) is 9.17. The highest BCUT2D eigenvalue weighted by molar-refractivity contribution is 14.1. The summed E-state index contributed by atoms with van der Waals surface area (Å²) in [4.78, 5) is 50.4. The molecule has 1 saturated heterocycles. The van der Waals surface area contributed by atoms with E-state index in [2.05, 4.69) is 17.2 Å². The number of halogens is 1. The summed E-state index contributed by atoms with van der Waals surface area (Å²) >= 11 is 1.97. The molecule has 0 saturated carbocycles. The molecule has 0 spiro atoms. The zero-order valence-corrected chi connectivity index (χ0v) is 22.4. The molecule has 4 N–H and O–H groups in total. The zero-order valence-electron chi connectivity index (χ0n) is 20.3. The monoisotopic (exact) mass is 630 g/mol. The molecule has 1 amide bonds. The molecule has 1 aromatic rings. The Bertz CT molecular complexity index is 965. The average Bonchev–Trinajstić information content (AvgIpc) is 2.82. The van der Waals surface area contributed by atoms with Crippen LogP contribution in [0.3, 0.4) is 0 Å². The molecule has 0 atom stereocenters. The van der Waals surface area contributed by atoms with Gasteiger partial charge in [-0.05, 0) is 24.3 Å². The van der Waals surface area contributed by atoms with Crippen LogP contribution in [0.5, 0.6) is 5.75 Å². The summed E-state index contributed by atoms with van der Waals surface area (Å²) < 4.78 is 6.51. The molecule has 0 bridgehead atoms. The van der Waals surface area contributed by atoms with Crippen LogP contribution < -0.4 is 10.1 Å². The fourth-order valence-corrected chi connectivity index (χ4v) is 4.00. The summed E-state index contributed by atoms with van der Waals surface area (Å²) in [5.74, 6) is 3.18. The molecule has 1 aliphatic heterocycles. The number of nitrogens with zero attached hydrogens (tertiary/aromatic N) is 3. The Morgan fingerprint density at radius 1 is 0.865 bits per heavy atom. The van der Waals surface area contributed by atoms with Gasteiger partial charge in [-0.15, -0.1) is 0 Å². The Hall–Kier alpha value is -2.93. The minimum atomic E-state index is -1.03. The van der Waals surface area contributed by atoms with Gasteiger partial charge in [0, 0.05) is 44.8 Å². The molecular formula is C24H31IN4O8. The van der Waals surface area contributed by atoms with Crippen LogP contribution in [-0.4, -0.2) is 130 Å². The first-order chi connectivity index (χ1) is 17.6. The van der Waals surface area contributed by atoms with Crippen LogP contribution >= 0.6 is 22.6 Å². The number of amides is 1. The van der Waals surface area contributed by atoms with Gasteiger partial charge in [0.2, 0.25) is 5.91 Å². The number of carbonyl (C=O) groups excluding carboxylic acids is 1. The number of ether oxygens (including phenoxy) is 1. The molecule has 0 unspecified atom stereocenters. The van der Waals surface area contributed by atoms with E-state index in [9.17, 15) is 34.5 Å². The fourth-order valence-electron chi connectivity index (χ4n) is 3.73. The van der Waals surface area contributed by atoms with E-state index in [1.54, 1.807) is 39.0 Å². The minimum Gasteiger partial charge on any atom is -0.488 e. The van der Waals surface area contributed by atoms with Crippen molar-refractivity contribution in [3.05, 3.63) is 29.8 Å². The van der Waals surface area contributed by atoms with Gasteiger partial charge in [-0.2, -0.15) is 0 Å². The third-order valence-electron chi connectivity index (χ3n) is 5.35. The number of nitrogens with one attached hydrogen (secondary N) is 1. The molecule has 0 aromatic heterocycles. The van der Waals surface area contributed by atoms with E-state index in [1.165, 1.54) is 0 Å². The smallest absolute Gasteiger partial charge is 0.317 e. The van der Waals surface area contributed by atoms with Crippen molar-refractivity contribution in [1.82, 2.24) is 20.0 Å². The lowest BCUT2D eigenvalue weighted by molar-refractivity contribution is -0.141. The van der Waals surface area contributed by atoms with Crippen molar-refractivity contribution in [2.45, 2.75) is 6.10 Å². The Kier molecular flexibility index (Phi) is 13.1. The molecule has 1 aromatic carbocycles. The Morgan fingerprint density at radius 2 is 1.35 bits per heavy atom. The van der Waals surface area contributed by atoms with Crippen LogP contribution in [0.1, 0.15) is 5.56 Å². The summed E-state index contributed by atoms with van der Waals surface area (Å²) in [5.41, 5.74) is 0.723. The Labute approximate surface area is 228 Å². The lowest BCUT2D eigenvalue weighted by atomic mass is 10.2. The quantitative estimate of drug-likeness (QED) is 0.150. The third kappa shape index (κ3) is 12.7. The van der Waals surface area contributed by atoms with Gasteiger partial charge >= 0.3 is 17.9 Å². The van der Waals surface area contributed by atoms with E-state index in [4.69, 9.17) is 4.74 Å². The van der Waals surface area contributed by atoms with Crippen LogP contribution in [-0.2, 0) is 19.2 Å². The van der Waals surface area contributed by atoms with Gasteiger partial charge in [0.15, 0.2) is 0 Å². The van der Waals surface area contributed by atoms with E-state index >= 15 is 0 Å². The van der Waals surface area contributed by atoms with Gasteiger partial charge in [0.05, 0.1) is 30.6 Å². The van der Waals surface area contributed by atoms with Crippen molar-refractivity contribution in [1.29, 1.82) is 0 Å². The molecule has 0 aliphatic carbocycles. The second kappa shape index (κ2) is 16.0. The summed E-state index contributed by atoms with van der Waals surface area (Å²) in [7, 11) is 0. The minimum absolute atomic E-state index is 0.0900. The number of hydrogen-bond acceptors (Lipinski definition) is 8. The molecule has 2 rings (SSSR count). The summed E-state index contributed by atoms with van der Waals surface area (Å²) in [6.07, 6.45) is -0.537. The van der Waals surface area contributed by atoms with Gasteiger partial charge in [-0.3, -0.25) is 33.9 Å². The zero-order chi connectivity index (χ0) is 27.2. The van der Waals surface area contributed by atoms with Crippen LogP contribution in [0.2, 0.25) is 0 Å². The van der Waals surface area contributed by atoms with Gasteiger partial charge < -0.3 is 25.4 Å². The highest BCUT2D eigenvalue weighted by atomic mass is 127. The number of carboxylic acids is 3. The molecule has 1 aliphatic rings. The van der Waals surface area contributed by atoms with Crippen LogP contribution in [0.4, 0.5) is 0 Å². The normalized spacial score (nSPS) is 16.2. The Morgan fingerprint density at radius 3 is 1.84 bits per heavy atom. The van der Waals surface area contributed by atoms with E-state index in [-0.39, 0.29) is 45.2 Å². The van der Waals surface area contributed by atoms with Crippen molar-refractivity contribution >= 4 is 46.4 Å². The van der Waals surface area contributed by atoms with Gasteiger partial charge in [-0.25, -0.2) is 0 Å². The number of carbonyl (C=O) groups is 4. The lowest BCUT2D eigenvalue weighted by Crippen LogP contribution is -2.51. The van der Waals surface area contributed by atoms with E-state index < -0.39 is 24.0 Å². The maximum Gasteiger partial charge on any atom is 0.317 e. The number of carboxylic acid groups (broad SMARTS) is 3. The molecule has 1 fully saturated rings. The van der Waals surface area contributed by atoms with Crippen molar-refractivity contribution in [2.75, 3.05) is 69.9 Å². The average molecular weight is 630 g/mol. The maximum absolute atomic E-state index is 11.4. The number of benzene rings is 1. The highest BCUT2D eigenvalue weighted by Gasteiger charge is 2.25. The summed E-state index contributed by atoms with van der Waals surface area (Å²) in [5, 5.41) is 30.6. The van der Waals surface area contributed by atoms with Gasteiger partial charge in [-0.1, -0.05) is 34.4 Å². The molecular weight excluding hydrogens is 599 g/mol. The lowest BCUT2D eigenvalue weighted by Gasteiger charge is -2.35. The van der Waals surface area contributed by atoms with Crippen molar-refractivity contribution in [3.8, 4) is 17.6 Å². The second-order valence-electron chi connectivity index (χ2n) is 8.40. The number of alkyl halides is 1. The van der Waals surface area contributed by atoms with Crippen LogP contribution in [0, 0.1) is 11.8 Å². The molecule has 13 heteroatoms. The number of rotatable bonds is 10. The largest absolute Gasteiger partial charge is 0.488 e. The first kappa shape index (κ1) is 30.3. The highest BCUT2D eigenvalue weighted by Crippen LogP contribution is 2.16. The third-order valence-corrected chi connectivity index (χ3v) is 6.04. The SMILES string of the molecule is O=C(O)CN1CCN(CC(=O)O)CC(Oc2ccc(C#CCNC(=O)CI)cc2)CN(CC(=O)O)CC1. The first-order valence-corrected chi connectivity index (χ1v) is 13.1. The summed E-state index contributed by atoms with van der Waals surface area (Å²) in [6, 6.07) is 6.97. The van der Waals surface area contributed by atoms with Gasteiger partial charge in [0.25, 0.3) is 0 Å². The molecule has 202 valence electrons. The standard InChI is InChI=1S/C24H31IN4O8/c25-12-21(30)26-7-1-2-18-3-5-19(6-4-18)37-20-13-28(16-23(33)34)10-8-27(15-22(31)32)9-11-29(14-20)17-24(35)36/h3-6,20H,7-17H2,(H,26,30)(H,31,32)(H,33,34)(H,35,36). The van der Waals surface area contributed by atoms with Crippen molar-refractivity contribution in [3.63, 3.8) is 0 Å². The molecule has 0 radical (unpaired) electrons. The predicted octanol–water partition coefficient (Wildman–Crippen LogP) is -0.490. The van der Waals surface area contributed by atoms with Crippen LogP contribution in [0.25, 0.3) is 0 Å². The molecule has 12 nitrogen and oxygen atoms in total. The fraction of sp³-hybridized carbons (Fsp3) is 0.500. The number of aliphatic carboxylic acids is 3. The predicted molar refractivity (Wildman–Crippen MR) is 142 cm³/mol. The topological polar surface area (TPSA) is 160 Å². The molecule has 1 heterocycles. The first-order valence-electron chi connectivity index (χ1n) is 11.5. The van der Waals surface area contributed by atoms with Crippen molar-refractivity contribution < 1.29 is 39.2 Å².